The van der Waals surface area contributed by atoms with Crippen molar-refractivity contribution in [2.24, 2.45) is 0 Å². The van der Waals surface area contributed by atoms with Crippen LogP contribution in [0.15, 0.2) is 72.8 Å². The molecule has 4 nitrogen and oxygen atoms in total. The largest absolute Gasteiger partial charge is 0.438 e. The Hall–Kier alpha value is -3.06. The van der Waals surface area contributed by atoms with Crippen molar-refractivity contribution in [3.05, 3.63) is 117 Å². The number of hydrogen-bond acceptors (Lipinski definition) is 4. The van der Waals surface area contributed by atoms with E-state index < -0.39 is 16.8 Å². The molecule has 188 valence electrons. The molecule has 0 aliphatic carbocycles. The normalized spacial score (nSPS) is 15.0. The molecule has 0 amide bonds. The third-order valence-corrected chi connectivity index (χ3v) is 10.3. The van der Waals surface area contributed by atoms with Crippen LogP contribution in [0.25, 0.3) is 0 Å². The van der Waals surface area contributed by atoms with Crippen LogP contribution < -0.4 is 18.1 Å². The Kier molecular flexibility index (Phi) is 6.57. The first-order valence-electron chi connectivity index (χ1n) is 12.6. The molecule has 37 heavy (non-hydrogen) atoms. The first-order chi connectivity index (χ1) is 18.0. The molecule has 0 unspecified atom stereocenters. The van der Waals surface area contributed by atoms with E-state index in [9.17, 15) is 0 Å². The first-order valence-corrected chi connectivity index (χ1v) is 15.3. The van der Waals surface area contributed by atoms with E-state index in [1.54, 1.807) is 0 Å². The van der Waals surface area contributed by atoms with E-state index in [-0.39, 0.29) is 0 Å². The summed E-state index contributed by atoms with van der Waals surface area (Å²) in [4.78, 5) is 0. The highest BCUT2D eigenvalue weighted by molar-refractivity contribution is 7.65. The fourth-order valence-electron chi connectivity index (χ4n) is 5.00. The molecule has 6 heteroatoms. The maximum absolute atomic E-state index is 6.69. The van der Waals surface area contributed by atoms with Crippen molar-refractivity contribution in [1.29, 1.82) is 0 Å². The minimum atomic E-state index is -1.38. The second-order valence-corrected chi connectivity index (χ2v) is 13.0. The standard InChI is InChI=1S/C31H30O4P2/c1-20-9-5-13-24-17-25-14-6-10-21(2)29(25)33-36(32-28(20)24)19-37-34-30-22(3)11-7-15-26(30)18-27-16-8-12-23(4)31(27)35-37/h5-16H,17-19H2,1-4H3. The van der Waals surface area contributed by atoms with E-state index in [2.05, 4.69) is 100 Å². The van der Waals surface area contributed by atoms with E-state index in [1.165, 1.54) is 22.3 Å². The van der Waals surface area contributed by atoms with Crippen LogP contribution in [0, 0.1) is 27.7 Å². The molecule has 0 radical (unpaired) electrons. The molecule has 0 bridgehead atoms. The Bertz CT molecular complexity index is 1260. The number of fused-ring (bicyclic) bond motifs is 4. The smallest absolute Gasteiger partial charge is 0.302 e. The lowest BCUT2D eigenvalue weighted by Gasteiger charge is -2.30. The van der Waals surface area contributed by atoms with Crippen LogP contribution in [0.2, 0.25) is 0 Å². The van der Waals surface area contributed by atoms with Crippen LogP contribution in [0.3, 0.4) is 0 Å². The van der Waals surface area contributed by atoms with Crippen molar-refractivity contribution >= 4 is 16.8 Å². The summed E-state index contributed by atoms with van der Waals surface area (Å²) in [5.41, 5.74) is 9.15. The van der Waals surface area contributed by atoms with E-state index in [1.807, 2.05) is 0 Å². The maximum atomic E-state index is 6.69. The Labute approximate surface area is 221 Å². The fourth-order valence-corrected chi connectivity index (χ4v) is 8.61. The lowest BCUT2D eigenvalue weighted by atomic mass is 9.99. The molecule has 0 fully saturated rings. The van der Waals surface area contributed by atoms with Crippen molar-refractivity contribution < 1.29 is 18.1 Å². The van der Waals surface area contributed by atoms with Crippen LogP contribution >= 0.6 is 16.8 Å². The second kappa shape index (κ2) is 10.0. The van der Waals surface area contributed by atoms with Gasteiger partial charge in [-0.15, -0.1) is 0 Å². The van der Waals surface area contributed by atoms with Gasteiger partial charge in [-0.2, -0.15) is 0 Å². The average Bonchev–Trinajstić information content (AvgIpc) is 2.84. The van der Waals surface area contributed by atoms with Crippen LogP contribution in [-0.2, 0) is 12.8 Å². The van der Waals surface area contributed by atoms with Crippen LogP contribution in [0.1, 0.15) is 44.5 Å². The number of aryl methyl sites for hydroxylation is 4. The zero-order valence-electron chi connectivity index (χ0n) is 21.6. The molecule has 0 saturated heterocycles. The molecule has 0 N–H and O–H groups in total. The van der Waals surface area contributed by atoms with Gasteiger partial charge in [0, 0.05) is 12.8 Å². The summed E-state index contributed by atoms with van der Waals surface area (Å²) in [6.45, 7) is 8.38. The van der Waals surface area contributed by atoms with Gasteiger partial charge in [0.15, 0.2) is 0 Å². The number of hydrogen-bond donors (Lipinski definition) is 0. The predicted molar refractivity (Wildman–Crippen MR) is 152 cm³/mol. The lowest BCUT2D eigenvalue weighted by Crippen LogP contribution is -2.13. The summed E-state index contributed by atoms with van der Waals surface area (Å²) in [5.74, 6) is 4.17. The molecule has 0 spiro atoms. The zero-order chi connectivity index (χ0) is 25.5. The van der Waals surface area contributed by atoms with Gasteiger partial charge >= 0.3 is 16.8 Å². The summed E-state index contributed by atoms with van der Waals surface area (Å²) < 4.78 is 26.8. The van der Waals surface area contributed by atoms with Gasteiger partial charge in [0.2, 0.25) is 0 Å². The molecule has 2 heterocycles. The minimum Gasteiger partial charge on any atom is -0.438 e. The summed E-state index contributed by atoms with van der Waals surface area (Å²) in [5, 5.41) is 0. The quantitative estimate of drug-likeness (QED) is 0.244. The molecule has 0 saturated carbocycles. The van der Waals surface area contributed by atoms with Gasteiger partial charge < -0.3 is 18.1 Å². The van der Waals surface area contributed by atoms with Gasteiger partial charge in [-0.1, -0.05) is 72.8 Å². The van der Waals surface area contributed by atoms with Crippen LogP contribution in [0.5, 0.6) is 23.0 Å². The molecule has 6 rings (SSSR count). The second-order valence-electron chi connectivity index (χ2n) is 9.78. The van der Waals surface area contributed by atoms with Crippen LogP contribution in [0.4, 0.5) is 0 Å². The Morgan fingerprint density at radius 2 is 0.730 bits per heavy atom. The number of rotatable bonds is 2. The Morgan fingerprint density at radius 3 is 1.00 bits per heavy atom. The van der Waals surface area contributed by atoms with Crippen molar-refractivity contribution in [3.63, 3.8) is 0 Å². The van der Waals surface area contributed by atoms with Gasteiger partial charge in [-0.05, 0) is 72.2 Å². The predicted octanol–water partition coefficient (Wildman–Crippen LogP) is 8.93. The molecule has 2 aliphatic rings. The summed E-state index contributed by atoms with van der Waals surface area (Å²) in [7, 11) is -2.77. The highest BCUT2D eigenvalue weighted by Gasteiger charge is 2.33. The lowest BCUT2D eigenvalue weighted by molar-refractivity contribution is 0.460. The molecule has 0 atom stereocenters. The first kappa shape index (κ1) is 24.3. The van der Waals surface area contributed by atoms with Crippen molar-refractivity contribution in [3.8, 4) is 23.0 Å². The Morgan fingerprint density at radius 1 is 0.459 bits per heavy atom. The minimum absolute atomic E-state index is 0.522. The molecule has 0 aromatic heterocycles. The van der Waals surface area contributed by atoms with Crippen LogP contribution in [-0.4, -0.2) is 5.90 Å². The monoisotopic (exact) mass is 528 g/mol. The maximum Gasteiger partial charge on any atom is 0.302 e. The molecule has 4 aromatic carbocycles. The van der Waals surface area contributed by atoms with E-state index >= 15 is 0 Å². The third-order valence-electron chi connectivity index (χ3n) is 6.94. The molecular weight excluding hydrogens is 498 g/mol. The highest BCUT2D eigenvalue weighted by Crippen LogP contribution is 2.58. The number of para-hydroxylation sites is 4. The van der Waals surface area contributed by atoms with E-state index in [4.69, 9.17) is 18.1 Å². The van der Waals surface area contributed by atoms with Gasteiger partial charge in [-0.3, -0.25) is 0 Å². The zero-order valence-corrected chi connectivity index (χ0v) is 23.4. The third kappa shape index (κ3) is 4.81. The highest BCUT2D eigenvalue weighted by atomic mass is 31.2. The summed E-state index contributed by atoms with van der Waals surface area (Å²) in [6, 6.07) is 25.4. The fraction of sp³-hybridized carbons (Fsp3) is 0.226. The van der Waals surface area contributed by atoms with Crippen molar-refractivity contribution in [1.82, 2.24) is 0 Å². The van der Waals surface area contributed by atoms with Gasteiger partial charge in [0.25, 0.3) is 0 Å². The van der Waals surface area contributed by atoms with E-state index in [0.717, 1.165) is 58.1 Å². The summed E-state index contributed by atoms with van der Waals surface area (Å²) in [6.07, 6.45) is 1.55. The topological polar surface area (TPSA) is 36.9 Å². The van der Waals surface area contributed by atoms with Gasteiger partial charge in [0.05, 0.1) is 0 Å². The van der Waals surface area contributed by atoms with Gasteiger partial charge in [0.1, 0.15) is 28.9 Å². The van der Waals surface area contributed by atoms with Crippen molar-refractivity contribution in [2.75, 3.05) is 5.90 Å². The number of benzene rings is 4. The van der Waals surface area contributed by atoms with Gasteiger partial charge in [-0.25, -0.2) is 0 Å². The van der Waals surface area contributed by atoms with Crippen molar-refractivity contribution in [2.45, 2.75) is 40.5 Å². The summed E-state index contributed by atoms with van der Waals surface area (Å²) >= 11 is 0. The van der Waals surface area contributed by atoms with E-state index in [0.29, 0.717) is 5.90 Å². The SMILES string of the molecule is Cc1cccc2c1OP(CP1Oc3c(C)cccc3Cc3cccc(C)c3O1)Oc1c(C)cccc1C2. The average molecular weight is 529 g/mol. The molecule has 2 aliphatic heterocycles. The molecular formula is C31H30O4P2. The molecule has 4 aromatic rings. The Balaban J connectivity index is 1.41.